The third-order valence-electron chi connectivity index (χ3n) is 6.98. The Morgan fingerprint density at radius 2 is 1.32 bits per heavy atom. The molecule has 1 aliphatic heterocycles. The first-order valence-electron chi connectivity index (χ1n) is 12.5. The quantitative estimate of drug-likeness (QED) is 0.433. The molecule has 0 aromatic heterocycles. The van der Waals surface area contributed by atoms with Gasteiger partial charge in [0.1, 0.15) is 11.6 Å². The molecule has 10 heteroatoms. The van der Waals surface area contributed by atoms with Gasteiger partial charge in [0.25, 0.3) is 0 Å². The highest BCUT2D eigenvalue weighted by Crippen LogP contribution is 2.30. The first kappa shape index (κ1) is 27.8. The van der Waals surface area contributed by atoms with E-state index in [1.807, 2.05) is 6.92 Å². The monoisotopic (exact) mass is 542 g/mol. The molecular weight excluding hydrogens is 510 g/mol. The number of carbonyl (C=O) groups excluding carboxylic acids is 1. The van der Waals surface area contributed by atoms with Crippen LogP contribution < -0.4 is 10.5 Å². The van der Waals surface area contributed by atoms with E-state index in [9.17, 15) is 22.0 Å². The van der Waals surface area contributed by atoms with Crippen molar-refractivity contribution in [3.63, 3.8) is 0 Å². The molecular formula is C28H32F2N4O3S. The minimum absolute atomic E-state index is 0.0548. The molecule has 0 radical (unpaired) electrons. The van der Waals surface area contributed by atoms with Crippen LogP contribution in [0.25, 0.3) is 0 Å². The molecule has 7 nitrogen and oxygen atoms in total. The highest BCUT2D eigenvalue weighted by Gasteiger charge is 2.30. The maximum absolute atomic E-state index is 13.6. The molecule has 1 heterocycles. The number of nitrogens with one attached hydrogen (secondary N) is 1. The standard InChI is InChI=1S/C28H32F2N4O3S/c1-20(28(35)32-15-14-21-2-12-26(13-3-21)38(31,36)37)33-16-18-34(19-17-33)27(22-4-8-24(29)9-5-22)23-6-10-25(30)11-7-23/h2-13,20,27H,14-19H2,1H3,(H,32,35)(H2,31,36,37). The zero-order valence-corrected chi connectivity index (χ0v) is 22.0. The average Bonchev–Trinajstić information content (AvgIpc) is 2.91. The van der Waals surface area contributed by atoms with Crippen LogP contribution in [0.4, 0.5) is 8.78 Å². The molecule has 0 aliphatic carbocycles. The zero-order chi connectivity index (χ0) is 27.3. The zero-order valence-electron chi connectivity index (χ0n) is 21.2. The number of primary sulfonamides is 1. The van der Waals surface area contributed by atoms with Crippen molar-refractivity contribution in [2.24, 2.45) is 5.14 Å². The molecule has 1 unspecified atom stereocenters. The third kappa shape index (κ3) is 7.02. The smallest absolute Gasteiger partial charge is 0.238 e. The number of carbonyl (C=O) groups is 1. The largest absolute Gasteiger partial charge is 0.354 e. The van der Waals surface area contributed by atoms with E-state index >= 15 is 0 Å². The van der Waals surface area contributed by atoms with Crippen LogP contribution in [-0.4, -0.2) is 62.9 Å². The van der Waals surface area contributed by atoms with Gasteiger partial charge in [0.2, 0.25) is 15.9 Å². The summed E-state index contributed by atoms with van der Waals surface area (Å²) in [6, 6.07) is 18.6. The number of hydrogen-bond acceptors (Lipinski definition) is 5. The van der Waals surface area contributed by atoms with Gasteiger partial charge in [-0.1, -0.05) is 36.4 Å². The van der Waals surface area contributed by atoms with Crippen LogP contribution in [0.3, 0.4) is 0 Å². The van der Waals surface area contributed by atoms with Gasteiger partial charge >= 0.3 is 0 Å². The van der Waals surface area contributed by atoms with E-state index in [0.29, 0.717) is 39.1 Å². The summed E-state index contributed by atoms with van der Waals surface area (Å²) in [5.74, 6) is -0.693. The number of nitrogens with two attached hydrogens (primary N) is 1. The Bertz CT molecular complexity index is 1280. The molecule has 1 fully saturated rings. The van der Waals surface area contributed by atoms with Crippen LogP contribution in [0.15, 0.2) is 77.7 Å². The molecule has 3 aromatic carbocycles. The number of nitrogens with zero attached hydrogens (tertiary/aromatic N) is 2. The average molecular weight is 543 g/mol. The van der Waals surface area contributed by atoms with E-state index in [2.05, 4.69) is 15.1 Å². The number of piperazine rings is 1. The summed E-state index contributed by atoms with van der Waals surface area (Å²) in [4.78, 5) is 17.3. The Hall–Kier alpha value is -3.18. The van der Waals surface area contributed by atoms with Crippen molar-refractivity contribution in [1.29, 1.82) is 0 Å². The van der Waals surface area contributed by atoms with Gasteiger partial charge in [-0.05, 0) is 66.4 Å². The Balaban J connectivity index is 1.32. The second-order valence-electron chi connectivity index (χ2n) is 9.48. The van der Waals surface area contributed by atoms with Gasteiger partial charge < -0.3 is 5.32 Å². The summed E-state index contributed by atoms with van der Waals surface area (Å²) in [7, 11) is -3.73. The minimum Gasteiger partial charge on any atom is -0.354 e. The summed E-state index contributed by atoms with van der Waals surface area (Å²) in [5, 5.41) is 8.09. The summed E-state index contributed by atoms with van der Waals surface area (Å²) in [6.07, 6.45) is 0.564. The Kier molecular flexibility index (Phi) is 8.88. The van der Waals surface area contributed by atoms with Crippen molar-refractivity contribution in [2.45, 2.75) is 30.3 Å². The van der Waals surface area contributed by atoms with Crippen LogP contribution in [0, 0.1) is 11.6 Å². The number of halogens is 2. The number of sulfonamides is 1. The van der Waals surface area contributed by atoms with Crippen LogP contribution >= 0.6 is 0 Å². The molecule has 1 aliphatic rings. The van der Waals surface area contributed by atoms with Crippen LogP contribution in [-0.2, 0) is 21.2 Å². The fraction of sp³-hybridized carbons (Fsp3) is 0.321. The lowest BCUT2D eigenvalue weighted by atomic mass is 9.96. The molecule has 0 saturated carbocycles. The fourth-order valence-electron chi connectivity index (χ4n) is 4.78. The van der Waals surface area contributed by atoms with Crippen molar-refractivity contribution in [3.05, 3.63) is 101 Å². The number of amides is 1. The van der Waals surface area contributed by atoms with Gasteiger partial charge in [-0.3, -0.25) is 14.6 Å². The molecule has 1 atom stereocenters. The van der Waals surface area contributed by atoms with Crippen molar-refractivity contribution < 1.29 is 22.0 Å². The molecule has 0 bridgehead atoms. The Morgan fingerprint density at radius 3 is 1.79 bits per heavy atom. The van der Waals surface area contributed by atoms with Gasteiger partial charge in [0.15, 0.2) is 0 Å². The first-order chi connectivity index (χ1) is 18.1. The Morgan fingerprint density at radius 1 is 0.842 bits per heavy atom. The molecule has 3 aromatic rings. The predicted octanol–water partition coefficient (Wildman–Crippen LogP) is 3.07. The van der Waals surface area contributed by atoms with Crippen LogP contribution in [0.1, 0.15) is 29.7 Å². The van der Waals surface area contributed by atoms with E-state index in [4.69, 9.17) is 5.14 Å². The topological polar surface area (TPSA) is 95.7 Å². The van der Waals surface area contributed by atoms with E-state index < -0.39 is 10.0 Å². The lowest BCUT2D eigenvalue weighted by molar-refractivity contribution is -0.126. The fourth-order valence-corrected chi connectivity index (χ4v) is 5.29. The summed E-state index contributed by atoms with van der Waals surface area (Å²) >= 11 is 0. The number of benzene rings is 3. The van der Waals surface area contributed by atoms with E-state index in [1.54, 1.807) is 36.4 Å². The number of hydrogen-bond donors (Lipinski definition) is 2. The van der Waals surface area contributed by atoms with Gasteiger partial charge in [0, 0.05) is 32.7 Å². The van der Waals surface area contributed by atoms with Crippen LogP contribution in [0.5, 0.6) is 0 Å². The van der Waals surface area contributed by atoms with Crippen molar-refractivity contribution in [2.75, 3.05) is 32.7 Å². The van der Waals surface area contributed by atoms with Crippen LogP contribution in [0.2, 0.25) is 0 Å². The second kappa shape index (κ2) is 12.1. The lowest BCUT2D eigenvalue weighted by Crippen LogP contribution is -2.54. The van der Waals surface area contributed by atoms with Gasteiger partial charge in [-0.25, -0.2) is 22.3 Å². The lowest BCUT2D eigenvalue weighted by Gasteiger charge is -2.41. The first-order valence-corrected chi connectivity index (χ1v) is 14.0. The molecule has 1 saturated heterocycles. The van der Waals surface area contributed by atoms with Gasteiger partial charge in [0.05, 0.1) is 17.0 Å². The third-order valence-corrected chi connectivity index (χ3v) is 7.91. The minimum atomic E-state index is -3.73. The summed E-state index contributed by atoms with van der Waals surface area (Å²) in [5.41, 5.74) is 2.75. The number of rotatable bonds is 9. The summed E-state index contributed by atoms with van der Waals surface area (Å²) in [6.45, 7) is 5.02. The highest BCUT2D eigenvalue weighted by atomic mass is 32.2. The van der Waals surface area contributed by atoms with Crippen molar-refractivity contribution >= 4 is 15.9 Å². The Labute approximate surface area is 222 Å². The molecule has 202 valence electrons. The van der Waals surface area contributed by atoms with Gasteiger partial charge in [-0.2, -0.15) is 0 Å². The van der Waals surface area contributed by atoms with Gasteiger partial charge in [-0.15, -0.1) is 0 Å². The maximum atomic E-state index is 13.6. The van der Waals surface area contributed by atoms with E-state index in [1.165, 1.54) is 36.4 Å². The maximum Gasteiger partial charge on any atom is 0.238 e. The molecule has 38 heavy (non-hydrogen) atoms. The molecule has 1 amide bonds. The predicted molar refractivity (Wildman–Crippen MR) is 142 cm³/mol. The second-order valence-corrected chi connectivity index (χ2v) is 11.0. The SMILES string of the molecule is CC(C(=O)NCCc1ccc(S(N)(=O)=O)cc1)N1CCN(C(c2ccc(F)cc2)c2ccc(F)cc2)CC1. The highest BCUT2D eigenvalue weighted by molar-refractivity contribution is 7.89. The van der Waals surface area contributed by atoms with E-state index in [0.717, 1.165) is 16.7 Å². The summed E-state index contributed by atoms with van der Waals surface area (Å²) < 4.78 is 49.9. The van der Waals surface area contributed by atoms with Crippen molar-refractivity contribution in [3.8, 4) is 0 Å². The molecule has 3 N–H and O–H groups in total. The van der Waals surface area contributed by atoms with Crippen molar-refractivity contribution in [1.82, 2.24) is 15.1 Å². The molecule has 4 rings (SSSR count). The van der Waals surface area contributed by atoms with E-state index in [-0.39, 0.29) is 34.5 Å². The molecule has 0 spiro atoms. The normalized spacial score (nSPS) is 15.9.